The summed E-state index contributed by atoms with van der Waals surface area (Å²) in [6.45, 7) is 0. The van der Waals surface area contributed by atoms with Crippen molar-refractivity contribution in [2.24, 2.45) is 3.77 Å². The second-order valence-electron chi connectivity index (χ2n) is 3.82. The molecule has 6 nitrogen and oxygen atoms in total. The highest BCUT2D eigenvalue weighted by molar-refractivity contribution is 9.10. The molecule has 138 valence electrons. The largest absolute Gasteiger partial charge is 0.519 e. The fraction of sp³-hybridized carbons (Fsp3) is 0.250. The van der Waals surface area contributed by atoms with Crippen molar-refractivity contribution in [3.63, 3.8) is 0 Å². The van der Waals surface area contributed by atoms with Crippen LogP contribution in [0.2, 0.25) is 0 Å². The monoisotopic (exact) mass is 483 g/mol. The van der Waals surface area contributed by atoms with Gasteiger partial charge in [-0.2, -0.15) is 34.8 Å². The average Bonchev–Trinajstić information content (AvgIpc) is 2.35. The number of rotatable bonds is 3. The third kappa shape index (κ3) is 3.70. The predicted molar refractivity (Wildman–Crippen MR) is 72.9 cm³/mol. The van der Waals surface area contributed by atoms with E-state index in [-0.39, 0.29) is 4.47 Å². The molecule has 1 rings (SSSR count). The van der Waals surface area contributed by atoms with Crippen LogP contribution >= 0.6 is 15.9 Å². The molecule has 0 radical (unpaired) electrons. The van der Waals surface area contributed by atoms with Crippen molar-refractivity contribution >= 4 is 43.6 Å². The molecule has 24 heavy (non-hydrogen) atoms. The molecule has 0 bridgehead atoms. The lowest BCUT2D eigenvalue weighted by atomic mass is 10.4. The highest BCUT2D eigenvalue weighted by Crippen LogP contribution is 2.37. The molecule has 1 aromatic carbocycles. The molecule has 1 unspecified atom stereocenters. The van der Waals surface area contributed by atoms with E-state index in [2.05, 4.69) is 15.9 Å². The van der Waals surface area contributed by atoms with E-state index in [1.54, 1.807) is 3.77 Å². The molecule has 0 saturated heterocycles. The van der Waals surface area contributed by atoms with Crippen molar-refractivity contribution < 1.29 is 47.4 Å². The molecule has 1 aromatic rings. The van der Waals surface area contributed by atoms with E-state index in [1.165, 1.54) is 0 Å². The molecule has 16 heteroatoms. The topological polar surface area (TPSA) is 97.7 Å². The Bertz CT molecular complexity index is 955. The molecule has 0 aliphatic heterocycles. The first kappa shape index (κ1) is 21.2. The van der Waals surface area contributed by atoms with Crippen molar-refractivity contribution in [1.29, 1.82) is 0 Å². The van der Waals surface area contributed by atoms with Gasteiger partial charge in [0.05, 0.1) is 4.90 Å². The third-order valence-corrected chi connectivity index (χ3v) is 10.4. The molecule has 1 atom stereocenters. The van der Waals surface area contributed by atoms with Gasteiger partial charge in [-0.1, -0.05) is 19.7 Å². The molecule has 0 spiro atoms. The van der Waals surface area contributed by atoms with Gasteiger partial charge in [0.1, 0.15) is 0 Å². The van der Waals surface area contributed by atoms with Crippen molar-refractivity contribution in [3.05, 3.63) is 28.7 Å². The van der Waals surface area contributed by atoms with E-state index >= 15 is 0 Å². The van der Waals surface area contributed by atoms with Crippen molar-refractivity contribution in [2.45, 2.75) is 15.9 Å². The van der Waals surface area contributed by atoms with Gasteiger partial charge in [-0.25, -0.2) is 12.6 Å². The highest BCUT2D eigenvalue weighted by atomic mass is 79.9. The summed E-state index contributed by atoms with van der Waals surface area (Å²) < 4.78 is 134. The van der Waals surface area contributed by atoms with Gasteiger partial charge in [0.15, 0.2) is 0 Å². The first-order valence-corrected chi connectivity index (χ1v) is 10.9. The van der Waals surface area contributed by atoms with Gasteiger partial charge in [0.2, 0.25) is 8.76 Å². The van der Waals surface area contributed by atoms with Crippen LogP contribution in [0.25, 0.3) is 0 Å². The summed E-state index contributed by atoms with van der Waals surface area (Å²) in [6.07, 6.45) is 0. The summed E-state index contributed by atoms with van der Waals surface area (Å²) >= 11 is 2.80. The first-order valence-electron chi connectivity index (χ1n) is 5.12. The third-order valence-electron chi connectivity index (χ3n) is 2.18. The summed E-state index contributed by atoms with van der Waals surface area (Å²) in [5.74, 6) is 0. The maximum atomic E-state index is 12.7. The van der Waals surface area contributed by atoms with E-state index in [1.807, 2.05) is 0 Å². The molecular formula is C8H4BrF6NO5S3. The SMILES string of the molecule is O=S(=O)(N=S(=O)(c1ccc(Br)cc1)S(=O)(=O)C(F)(F)F)C(F)(F)F. The van der Waals surface area contributed by atoms with Crippen LogP contribution in [0.1, 0.15) is 0 Å². The van der Waals surface area contributed by atoms with Gasteiger partial charge in [0.25, 0.3) is 0 Å². The van der Waals surface area contributed by atoms with Crippen LogP contribution in [-0.4, -0.2) is 32.1 Å². The number of benzene rings is 1. The van der Waals surface area contributed by atoms with Crippen LogP contribution in [0, 0.1) is 0 Å². The van der Waals surface area contributed by atoms with Crippen LogP contribution in [-0.2, 0) is 27.7 Å². The zero-order chi connectivity index (χ0) is 19.2. The maximum absolute atomic E-state index is 12.7. The van der Waals surface area contributed by atoms with Crippen molar-refractivity contribution in [2.75, 3.05) is 0 Å². The minimum Gasteiger partial charge on any atom is -0.227 e. The number of hydrogen-bond acceptors (Lipinski definition) is 5. The highest BCUT2D eigenvalue weighted by Gasteiger charge is 2.57. The summed E-state index contributed by atoms with van der Waals surface area (Å²) in [6, 6.07) is 2.56. The molecular weight excluding hydrogens is 480 g/mol. The number of hydrogen-bond donors (Lipinski definition) is 0. The van der Waals surface area contributed by atoms with Gasteiger partial charge < -0.3 is 0 Å². The van der Waals surface area contributed by atoms with Crippen LogP contribution in [0.4, 0.5) is 26.3 Å². The van der Waals surface area contributed by atoms with Gasteiger partial charge in [0, 0.05) is 4.47 Å². The normalized spacial score (nSPS) is 16.5. The lowest BCUT2D eigenvalue weighted by molar-refractivity contribution is -0.0438. The number of nitrogens with zero attached hydrogens (tertiary/aromatic N) is 1. The van der Waals surface area contributed by atoms with Gasteiger partial charge in [-0.15, -0.1) is 0 Å². The molecule has 0 saturated carbocycles. The van der Waals surface area contributed by atoms with Crippen LogP contribution in [0.3, 0.4) is 0 Å². The molecule has 0 aliphatic rings. The zero-order valence-electron chi connectivity index (χ0n) is 10.7. The lowest BCUT2D eigenvalue weighted by Gasteiger charge is -2.14. The quantitative estimate of drug-likeness (QED) is 0.486. The van der Waals surface area contributed by atoms with Crippen LogP contribution in [0.15, 0.2) is 37.4 Å². The summed E-state index contributed by atoms with van der Waals surface area (Å²) in [5.41, 5.74) is -12.6. The van der Waals surface area contributed by atoms with Gasteiger partial charge in [-0.05, 0) is 24.3 Å². The first-order chi connectivity index (χ1) is 10.5. The summed E-state index contributed by atoms with van der Waals surface area (Å²) in [4.78, 5) is -1.38. The van der Waals surface area contributed by atoms with Crippen molar-refractivity contribution in [3.8, 4) is 0 Å². The van der Waals surface area contributed by atoms with Crippen molar-refractivity contribution in [1.82, 2.24) is 0 Å². The van der Waals surface area contributed by atoms with E-state index in [4.69, 9.17) is 0 Å². The maximum Gasteiger partial charge on any atom is 0.519 e. The van der Waals surface area contributed by atoms with Gasteiger partial charge >= 0.3 is 29.9 Å². The Balaban J connectivity index is 4.02. The van der Waals surface area contributed by atoms with Crippen LogP contribution in [0.5, 0.6) is 0 Å². The Morgan fingerprint density at radius 2 is 1.21 bits per heavy atom. The minimum atomic E-state index is -6.93. The Kier molecular flexibility index (Phi) is 5.41. The Hall–Kier alpha value is -0.870. The fourth-order valence-corrected chi connectivity index (χ4v) is 7.71. The Labute approximate surface area is 139 Å². The van der Waals surface area contributed by atoms with E-state index in [0.29, 0.717) is 12.1 Å². The molecule has 0 N–H and O–H groups in total. The minimum absolute atomic E-state index is 0.135. The second-order valence-corrected chi connectivity index (χ2v) is 12.2. The Morgan fingerprint density at radius 1 is 0.792 bits per heavy atom. The molecule has 0 heterocycles. The zero-order valence-corrected chi connectivity index (χ0v) is 14.7. The van der Waals surface area contributed by atoms with E-state index < -0.39 is 43.6 Å². The van der Waals surface area contributed by atoms with E-state index in [0.717, 1.165) is 12.1 Å². The number of halogens is 7. The molecule has 0 fully saturated rings. The van der Waals surface area contributed by atoms with Gasteiger partial charge in [-0.3, -0.25) is 0 Å². The molecule has 0 aromatic heterocycles. The average molecular weight is 484 g/mol. The van der Waals surface area contributed by atoms with Crippen LogP contribution < -0.4 is 0 Å². The second kappa shape index (κ2) is 6.14. The number of sulfonamides is 1. The molecule has 0 amide bonds. The molecule has 0 aliphatic carbocycles. The predicted octanol–water partition coefficient (Wildman–Crippen LogP) is 2.98. The summed E-state index contributed by atoms with van der Waals surface area (Å²) in [7, 11) is -19.8. The number of alkyl halides is 6. The smallest absolute Gasteiger partial charge is 0.227 e. The Morgan fingerprint density at radius 3 is 1.54 bits per heavy atom. The van der Waals surface area contributed by atoms with E-state index in [9.17, 15) is 47.4 Å². The fourth-order valence-electron chi connectivity index (χ4n) is 1.12. The standard InChI is InChI=1S/C8H4BrF6NO5S3/c9-5-1-3-6(4-2-5)22(17,24(20,21)8(13,14)15)16-23(18,19)7(10,11)12/h1-4H. The lowest BCUT2D eigenvalue weighted by Crippen LogP contribution is -2.33. The summed E-state index contributed by atoms with van der Waals surface area (Å²) in [5, 5.41) is 0.